The summed E-state index contributed by atoms with van der Waals surface area (Å²) in [4.78, 5) is 20.8. The zero-order valence-electron chi connectivity index (χ0n) is 5.46. The van der Waals surface area contributed by atoms with Crippen molar-refractivity contribution < 1.29 is 14.3 Å². The fourth-order valence-corrected chi connectivity index (χ4v) is 0.321. The molecule has 0 aromatic rings. The number of carbonyl (C=O) groups is 2. The first-order valence-corrected chi connectivity index (χ1v) is 2.86. The van der Waals surface area contributed by atoms with Crippen molar-refractivity contribution in [3.05, 3.63) is 6.92 Å². The predicted octanol–water partition coefficient (Wildman–Crippen LogP) is 0.959. The fourth-order valence-electron chi connectivity index (χ4n) is 0.273. The van der Waals surface area contributed by atoms with Crippen molar-refractivity contribution in [3.8, 4) is 0 Å². The van der Waals surface area contributed by atoms with Crippen LogP contribution in [0.15, 0.2) is 0 Å². The second-order valence-corrected chi connectivity index (χ2v) is 1.75. The minimum absolute atomic E-state index is 0.0463. The van der Waals surface area contributed by atoms with E-state index < -0.39 is 12.0 Å². The van der Waals surface area contributed by atoms with E-state index in [-0.39, 0.29) is 6.61 Å². The zero-order valence-corrected chi connectivity index (χ0v) is 6.22. The van der Waals surface area contributed by atoms with Crippen molar-refractivity contribution in [2.75, 3.05) is 6.61 Å². The van der Waals surface area contributed by atoms with Gasteiger partial charge in [-0.2, -0.15) is 4.42 Å². The topological polar surface area (TPSA) is 46.6 Å². The van der Waals surface area contributed by atoms with Crippen LogP contribution in [0.5, 0.6) is 0 Å². The molecule has 0 saturated heterocycles. The molecule has 10 heavy (non-hydrogen) atoms. The van der Waals surface area contributed by atoms with Crippen LogP contribution in [0.25, 0.3) is 0 Å². The minimum atomic E-state index is -0.899. The molecule has 0 spiro atoms. The van der Waals surface area contributed by atoms with E-state index in [0.717, 1.165) is 6.92 Å². The third-order valence-corrected chi connectivity index (χ3v) is 1.04. The molecule has 57 valence electrons. The number of hydrogen-bond donors (Lipinski definition) is 0. The van der Waals surface area contributed by atoms with Crippen LogP contribution in [-0.4, -0.2) is 23.0 Å². The molecular formula is C5H7ClNO3. The monoisotopic (exact) mass is 164 g/mol. The van der Waals surface area contributed by atoms with Crippen molar-refractivity contribution in [2.45, 2.75) is 6.92 Å². The SMILES string of the molecule is [CH2]COC(=O)N(Cl)C(C)=O. The van der Waals surface area contributed by atoms with Gasteiger partial charge in [0.1, 0.15) is 0 Å². The quantitative estimate of drug-likeness (QED) is 0.543. The average molecular weight is 165 g/mol. The Morgan fingerprint density at radius 3 is 2.50 bits per heavy atom. The standard InChI is InChI=1S/C5H7ClNO3/c1-3-10-5(9)7(6)4(2)8/h1,3H2,2H3. The summed E-state index contributed by atoms with van der Waals surface area (Å²) >= 11 is 5.13. The Kier molecular flexibility index (Phi) is 3.79. The van der Waals surface area contributed by atoms with Crippen LogP contribution in [0, 0.1) is 6.92 Å². The molecule has 0 aromatic heterocycles. The highest BCUT2D eigenvalue weighted by Gasteiger charge is 2.15. The Hall–Kier alpha value is -0.770. The lowest BCUT2D eigenvalue weighted by Crippen LogP contribution is -2.26. The second-order valence-electron chi connectivity index (χ2n) is 1.41. The highest BCUT2D eigenvalue weighted by atomic mass is 35.5. The van der Waals surface area contributed by atoms with Crippen LogP contribution in [0.4, 0.5) is 4.79 Å². The zero-order chi connectivity index (χ0) is 8.15. The molecule has 0 bridgehead atoms. The molecular weight excluding hydrogens is 158 g/mol. The van der Waals surface area contributed by atoms with Gasteiger partial charge >= 0.3 is 6.09 Å². The number of imide groups is 1. The van der Waals surface area contributed by atoms with Gasteiger partial charge in [0.25, 0.3) is 0 Å². The molecule has 0 rings (SSSR count). The third kappa shape index (κ3) is 2.68. The molecule has 0 unspecified atom stereocenters. The Morgan fingerprint density at radius 2 is 2.20 bits per heavy atom. The van der Waals surface area contributed by atoms with E-state index in [9.17, 15) is 9.59 Å². The summed E-state index contributed by atoms with van der Waals surface area (Å²) in [6, 6.07) is 0. The Labute approximate surface area is 63.8 Å². The van der Waals surface area contributed by atoms with Gasteiger partial charge in [-0.1, -0.05) is 0 Å². The Bertz CT molecular complexity index is 148. The fraction of sp³-hybridized carbons (Fsp3) is 0.400. The highest BCUT2D eigenvalue weighted by Crippen LogP contribution is 1.97. The van der Waals surface area contributed by atoms with E-state index in [0.29, 0.717) is 4.42 Å². The summed E-state index contributed by atoms with van der Waals surface area (Å²) in [5.41, 5.74) is 0. The van der Waals surface area contributed by atoms with Gasteiger partial charge in [-0.3, -0.25) is 4.79 Å². The average Bonchev–Trinajstić information content (AvgIpc) is 1.87. The van der Waals surface area contributed by atoms with Crippen molar-refractivity contribution in [1.29, 1.82) is 0 Å². The molecule has 0 aromatic carbocycles. The predicted molar refractivity (Wildman–Crippen MR) is 35.1 cm³/mol. The highest BCUT2D eigenvalue weighted by molar-refractivity contribution is 6.28. The second kappa shape index (κ2) is 4.11. The lowest BCUT2D eigenvalue weighted by molar-refractivity contribution is -0.123. The van der Waals surface area contributed by atoms with Gasteiger partial charge < -0.3 is 4.74 Å². The van der Waals surface area contributed by atoms with Crippen molar-refractivity contribution in [3.63, 3.8) is 0 Å². The first kappa shape index (κ1) is 9.23. The third-order valence-electron chi connectivity index (χ3n) is 0.662. The maximum atomic E-state index is 10.5. The molecule has 0 N–H and O–H groups in total. The van der Waals surface area contributed by atoms with Gasteiger partial charge in [0.05, 0.1) is 6.61 Å². The van der Waals surface area contributed by atoms with E-state index in [1.54, 1.807) is 0 Å². The minimum Gasteiger partial charge on any atom is -0.448 e. The first-order valence-electron chi connectivity index (χ1n) is 2.52. The van der Waals surface area contributed by atoms with Crippen LogP contribution in [-0.2, 0) is 9.53 Å². The van der Waals surface area contributed by atoms with Crippen LogP contribution >= 0.6 is 11.8 Å². The van der Waals surface area contributed by atoms with Crippen LogP contribution in [0.1, 0.15) is 6.92 Å². The molecule has 0 atom stereocenters. The largest absolute Gasteiger partial charge is 0.448 e. The lowest BCUT2D eigenvalue weighted by atomic mass is 10.7. The maximum absolute atomic E-state index is 10.5. The summed E-state index contributed by atoms with van der Waals surface area (Å²) in [5.74, 6) is -0.583. The summed E-state index contributed by atoms with van der Waals surface area (Å²) in [6.07, 6.45) is -0.899. The molecule has 4 nitrogen and oxygen atoms in total. The number of carbonyl (C=O) groups excluding carboxylic acids is 2. The molecule has 1 radical (unpaired) electrons. The number of amides is 2. The van der Waals surface area contributed by atoms with Gasteiger partial charge in [0.15, 0.2) is 0 Å². The van der Waals surface area contributed by atoms with Crippen molar-refractivity contribution in [1.82, 2.24) is 4.42 Å². The molecule has 0 aliphatic rings. The van der Waals surface area contributed by atoms with Gasteiger partial charge in [0, 0.05) is 18.7 Å². The smallest absolute Gasteiger partial charge is 0.431 e. The molecule has 2 amide bonds. The Morgan fingerprint density at radius 1 is 1.70 bits per heavy atom. The summed E-state index contributed by atoms with van der Waals surface area (Å²) < 4.78 is 4.64. The van der Waals surface area contributed by atoms with Crippen LogP contribution in [0.2, 0.25) is 0 Å². The van der Waals surface area contributed by atoms with Crippen LogP contribution < -0.4 is 0 Å². The number of halogens is 1. The van der Waals surface area contributed by atoms with Gasteiger partial charge in [-0.05, 0) is 6.92 Å². The number of hydrogen-bond acceptors (Lipinski definition) is 3. The van der Waals surface area contributed by atoms with Gasteiger partial charge in [-0.15, -0.1) is 0 Å². The van der Waals surface area contributed by atoms with E-state index >= 15 is 0 Å². The number of nitrogens with zero attached hydrogens (tertiary/aromatic N) is 1. The van der Waals surface area contributed by atoms with Crippen molar-refractivity contribution in [2.24, 2.45) is 0 Å². The van der Waals surface area contributed by atoms with E-state index in [1.165, 1.54) is 0 Å². The lowest BCUT2D eigenvalue weighted by Gasteiger charge is -2.07. The van der Waals surface area contributed by atoms with E-state index in [1.807, 2.05) is 0 Å². The normalized spacial score (nSPS) is 8.70. The van der Waals surface area contributed by atoms with Crippen LogP contribution in [0.3, 0.4) is 0 Å². The Balaban J connectivity index is 3.82. The maximum Gasteiger partial charge on any atom is 0.431 e. The molecule has 5 heteroatoms. The molecule has 0 saturated carbocycles. The summed E-state index contributed by atoms with van der Waals surface area (Å²) in [6.45, 7) is 4.33. The number of rotatable bonds is 1. The molecule has 0 aliphatic carbocycles. The molecule has 0 fully saturated rings. The molecule has 0 heterocycles. The first-order chi connectivity index (χ1) is 4.59. The summed E-state index contributed by atoms with van der Waals surface area (Å²) in [7, 11) is 0. The number of ether oxygens (including phenoxy) is 1. The molecule has 0 aliphatic heterocycles. The van der Waals surface area contributed by atoms with Gasteiger partial charge in [0.2, 0.25) is 5.91 Å². The van der Waals surface area contributed by atoms with E-state index in [2.05, 4.69) is 11.7 Å². The van der Waals surface area contributed by atoms with E-state index in [4.69, 9.17) is 11.8 Å². The van der Waals surface area contributed by atoms with Gasteiger partial charge in [-0.25, -0.2) is 4.79 Å². The van der Waals surface area contributed by atoms with Crippen molar-refractivity contribution >= 4 is 23.8 Å². The summed E-state index contributed by atoms with van der Waals surface area (Å²) in [5, 5.41) is 0.